The molecule has 8 heteroatoms. The van der Waals surface area contributed by atoms with Crippen LogP contribution >= 0.6 is 0 Å². The van der Waals surface area contributed by atoms with Crippen LogP contribution in [-0.2, 0) is 9.47 Å². The minimum absolute atomic E-state index is 0.00605. The Morgan fingerprint density at radius 1 is 0.939 bits per heavy atom. The van der Waals surface area contributed by atoms with Crippen LogP contribution in [0.3, 0.4) is 0 Å². The number of allylic oxidation sites excluding steroid dienone is 1. The number of carbonyl (C=O) groups is 2. The minimum Gasteiger partial charge on any atom is -0.493 e. The van der Waals surface area contributed by atoms with Crippen LogP contribution < -0.4 is 9.47 Å². The average Bonchev–Trinajstić information content (AvgIpc) is 3.24. The van der Waals surface area contributed by atoms with Gasteiger partial charge in [-0.2, -0.15) is 5.10 Å². The van der Waals surface area contributed by atoms with Crippen LogP contribution in [0.15, 0.2) is 60.2 Å². The van der Waals surface area contributed by atoms with Gasteiger partial charge in [-0.25, -0.2) is 14.3 Å². The molecular weight excluding hydrogens is 424 g/mol. The van der Waals surface area contributed by atoms with E-state index in [2.05, 4.69) is 5.10 Å². The van der Waals surface area contributed by atoms with Crippen molar-refractivity contribution < 1.29 is 28.5 Å². The maximum atomic E-state index is 12.8. The number of rotatable bonds is 8. The van der Waals surface area contributed by atoms with Gasteiger partial charge in [0.05, 0.1) is 27.0 Å². The molecule has 0 aliphatic heterocycles. The molecule has 3 rings (SSSR count). The maximum Gasteiger partial charge on any atom is 0.357 e. The molecule has 0 saturated heterocycles. The molecule has 0 radical (unpaired) electrons. The van der Waals surface area contributed by atoms with Gasteiger partial charge in [0, 0.05) is 5.56 Å². The topological polar surface area (TPSA) is 88.9 Å². The lowest BCUT2D eigenvalue weighted by molar-refractivity contribution is 0.0549. The summed E-state index contributed by atoms with van der Waals surface area (Å²) < 4.78 is 22.6. The Labute approximate surface area is 192 Å². The molecule has 0 spiro atoms. The highest BCUT2D eigenvalue weighted by Gasteiger charge is 2.31. The highest BCUT2D eigenvalue weighted by atomic mass is 16.5. The SMILES string of the molecule is COC(=O)c1c(-c2ccc(OCC=C(C)C)c(OC)c2)nn(-c2ccccc2)c1C(=O)OC. The molecule has 0 fully saturated rings. The maximum absolute atomic E-state index is 12.8. The summed E-state index contributed by atoms with van der Waals surface area (Å²) in [5.74, 6) is -0.435. The summed E-state index contributed by atoms with van der Waals surface area (Å²) in [6.45, 7) is 4.36. The first kappa shape index (κ1) is 23.6. The van der Waals surface area contributed by atoms with Gasteiger partial charge < -0.3 is 18.9 Å². The summed E-state index contributed by atoms with van der Waals surface area (Å²) in [6, 6.07) is 14.2. The summed E-state index contributed by atoms with van der Waals surface area (Å²) in [4.78, 5) is 25.5. The number of hydrogen-bond acceptors (Lipinski definition) is 7. The fraction of sp³-hybridized carbons (Fsp3) is 0.240. The van der Waals surface area contributed by atoms with Gasteiger partial charge in [-0.15, -0.1) is 0 Å². The molecule has 172 valence electrons. The Balaban J connectivity index is 2.20. The lowest BCUT2D eigenvalue weighted by atomic mass is 10.0. The van der Waals surface area contributed by atoms with Gasteiger partial charge in [-0.3, -0.25) is 0 Å². The van der Waals surface area contributed by atoms with Crippen molar-refractivity contribution in [2.75, 3.05) is 27.9 Å². The van der Waals surface area contributed by atoms with E-state index in [9.17, 15) is 9.59 Å². The molecule has 0 aliphatic carbocycles. The van der Waals surface area contributed by atoms with Crippen molar-refractivity contribution in [2.24, 2.45) is 0 Å². The van der Waals surface area contributed by atoms with Crippen LogP contribution in [0, 0.1) is 0 Å². The van der Waals surface area contributed by atoms with Crippen molar-refractivity contribution in [3.63, 3.8) is 0 Å². The molecule has 0 atom stereocenters. The van der Waals surface area contributed by atoms with E-state index in [4.69, 9.17) is 18.9 Å². The van der Waals surface area contributed by atoms with E-state index < -0.39 is 11.9 Å². The van der Waals surface area contributed by atoms with E-state index in [1.54, 1.807) is 42.5 Å². The van der Waals surface area contributed by atoms with E-state index in [1.807, 2.05) is 26.0 Å². The lowest BCUT2D eigenvalue weighted by Crippen LogP contribution is -2.15. The molecule has 0 amide bonds. The first-order valence-electron chi connectivity index (χ1n) is 10.2. The lowest BCUT2D eigenvalue weighted by Gasteiger charge is -2.11. The van der Waals surface area contributed by atoms with Crippen molar-refractivity contribution in [3.8, 4) is 28.4 Å². The van der Waals surface area contributed by atoms with Gasteiger partial charge >= 0.3 is 11.9 Å². The molecule has 2 aromatic carbocycles. The zero-order valence-electron chi connectivity index (χ0n) is 19.2. The molecule has 1 aromatic heterocycles. The fourth-order valence-corrected chi connectivity index (χ4v) is 3.19. The van der Waals surface area contributed by atoms with Crippen LogP contribution in [-0.4, -0.2) is 49.7 Å². The second kappa shape index (κ2) is 10.5. The molecule has 0 aliphatic rings. The van der Waals surface area contributed by atoms with Crippen molar-refractivity contribution >= 4 is 11.9 Å². The highest BCUT2D eigenvalue weighted by Crippen LogP contribution is 2.35. The van der Waals surface area contributed by atoms with E-state index >= 15 is 0 Å². The van der Waals surface area contributed by atoms with Crippen LogP contribution in [0.25, 0.3) is 16.9 Å². The van der Waals surface area contributed by atoms with E-state index in [0.717, 1.165) is 5.57 Å². The third-order valence-corrected chi connectivity index (χ3v) is 4.82. The molecule has 33 heavy (non-hydrogen) atoms. The molecule has 0 saturated carbocycles. The molecule has 3 aromatic rings. The molecule has 1 heterocycles. The molecule has 0 N–H and O–H groups in total. The van der Waals surface area contributed by atoms with Gasteiger partial charge in [-0.1, -0.05) is 23.8 Å². The number of ether oxygens (including phenoxy) is 4. The summed E-state index contributed by atoms with van der Waals surface area (Å²) in [7, 11) is 4.01. The second-order valence-electron chi connectivity index (χ2n) is 7.26. The summed E-state index contributed by atoms with van der Waals surface area (Å²) in [5, 5.41) is 4.59. The fourth-order valence-electron chi connectivity index (χ4n) is 3.19. The average molecular weight is 450 g/mol. The number of aromatic nitrogens is 2. The summed E-state index contributed by atoms with van der Waals surface area (Å²) in [6.07, 6.45) is 1.95. The van der Waals surface area contributed by atoms with Crippen LogP contribution in [0.5, 0.6) is 11.5 Å². The Morgan fingerprint density at radius 2 is 1.64 bits per heavy atom. The quantitative estimate of drug-likeness (QED) is 0.370. The zero-order chi connectivity index (χ0) is 24.0. The standard InChI is InChI=1S/C25H26N2O6/c1-16(2)13-14-33-19-12-11-17(15-20(19)30-3)22-21(24(28)31-4)23(25(29)32-5)27(26-22)18-9-7-6-8-10-18/h6-13,15H,14H2,1-5H3. The Morgan fingerprint density at radius 3 is 2.24 bits per heavy atom. The number of carbonyl (C=O) groups excluding carboxylic acids is 2. The van der Waals surface area contributed by atoms with Gasteiger partial charge in [-0.05, 0) is 50.3 Å². The third-order valence-electron chi connectivity index (χ3n) is 4.82. The van der Waals surface area contributed by atoms with Gasteiger partial charge in [0.2, 0.25) is 0 Å². The Kier molecular flexibility index (Phi) is 7.50. The Bertz CT molecular complexity index is 1180. The number of methoxy groups -OCH3 is 3. The number of para-hydroxylation sites is 1. The van der Waals surface area contributed by atoms with Crippen LogP contribution in [0.2, 0.25) is 0 Å². The van der Waals surface area contributed by atoms with E-state index in [0.29, 0.717) is 29.4 Å². The van der Waals surface area contributed by atoms with E-state index in [-0.39, 0.29) is 17.0 Å². The predicted molar refractivity (Wildman–Crippen MR) is 123 cm³/mol. The van der Waals surface area contributed by atoms with Crippen LogP contribution in [0.4, 0.5) is 0 Å². The Hall–Kier alpha value is -4.07. The van der Waals surface area contributed by atoms with Crippen LogP contribution in [0.1, 0.15) is 34.7 Å². The summed E-state index contributed by atoms with van der Waals surface area (Å²) in [5.41, 5.74) is 2.47. The van der Waals surface area contributed by atoms with E-state index in [1.165, 1.54) is 26.0 Å². The van der Waals surface area contributed by atoms with Gasteiger partial charge in [0.1, 0.15) is 17.9 Å². The third kappa shape index (κ3) is 5.06. The smallest absolute Gasteiger partial charge is 0.357 e. The highest BCUT2D eigenvalue weighted by molar-refractivity contribution is 6.06. The first-order valence-corrected chi connectivity index (χ1v) is 10.2. The summed E-state index contributed by atoms with van der Waals surface area (Å²) >= 11 is 0. The monoisotopic (exact) mass is 450 g/mol. The molecule has 0 unspecified atom stereocenters. The van der Waals surface area contributed by atoms with Crippen molar-refractivity contribution in [1.82, 2.24) is 9.78 Å². The van der Waals surface area contributed by atoms with Crippen molar-refractivity contribution in [1.29, 1.82) is 0 Å². The largest absolute Gasteiger partial charge is 0.493 e. The first-order chi connectivity index (χ1) is 15.9. The number of benzene rings is 2. The normalized spacial score (nSPS) is 10.3. The molecular formula is C25H26N2O6. The molecule has 0 bridgehead atoms. The van der Waals surface area contributed by atoms with Gasteiger partial charge in [0.15, 0.2) is 17.2 Å². The number of esters is 2. The van der Waals surface area contributed by atoms with Crippen molar-refractivity contribution in [2.45, 2.75) is 13.8 Å². The minimum atomic E-state index is -0.716. The predicted octanol–water partition coefficient (Wildman–Crippen LogP) is 4.47. The van der Waals surface area contributed by atoms with Gasteiger partial charge in [0.25, 0.3) is 0 Å². The number of nitrogens with zero attached hydrogens (tertiary/aromatic N) is 2. The van der Waals surface area contributed by atoms with Crippen molar-refractivity contribution in [3.05, 3.63) is 71.4 Å². The second-order valence-corrected chi connectivity index (χ2v) is 7.26. The molecule has 8 nitrogen and oxygen atoms in total. The zero-order valence-corrected chi connectivity index (χ0v) is 19.2. The number of hydrogen-bond donors (Lipinski definition) is 0.